The molecule has 0 saturated carbocycles. The van der Waals surface area contributed by atoms with Crippen LogP contribution in [-0.2, 0) is 10.0 Å². The highest BCUT2D eigenvalue weighted by molar-refractivity contribution is 7.89. The van der Waals surface area contributed by atoms with Crippen LogP contribution >= 0.6 is 0 Å². The lowest BCUT2D eigenvalue weighted by Gasteiger charge is -2.33. The Morgan fingerprint density at radius 2 is 1.50 bits per heavy atom. The van der Waals surface area contributed by atoms with E-state index in [2.05, 4.69) is 0 Å². The normalized spacial score (nSPS) is 15.3. The van der Waals surface area contributed by atoms with Crippen LogP contribution in [0.3, 0.4) is 0 Å². The van der Waals surface area contributed by atoms with Crippen LogP contribution in [0.15, 0.2) is 86.9 Å². The van der Waals surface area contributed by atoms with Crippen LogP contribution in [0.25, 0.3) is 21.7 Å². The molecule has 162 valence electrons. The predicted molar refractivity (Wildman–Crippen MR) is 121 cm³/mol. The quantitative estimate of drug-likeness (QED) is 0.355. The molecule has 0 bridgehead atoms. The van der Waals surface area contributed by atoms with Crippen LogP contribution in [0.5, 0.6) is 0 Å². The van der Waals surface area contributed by atoms with Crippen LogP contribution in [-0.4, -0.2) is 49.7 Å². The minimum Gasteiger partial charge on any atom is -0.422 e. The molecule has 1 aliphatic heterocycles. The minimum absolute atomic E-state index is 0.0479. The molecule has 1 saturated heterocycles. The molecule has 1 amide bonds. The Kier molecular flexibility index (Phi) is 5.03. The van der Waals surface area contributed by atoms with E-state index in [1.807, 2.05) is 30.3 Å². The third-order valence-electron chi connectivity index (χ3n) is 5.78. The lowest BCUT2D eigenvalue weighted by Crippen LogP contribution is -2.51. The Balaban J connectivity index is 1.41. The van der Waals surface area contributed by atoms with Gasteiger partial charge in [0.15, 0.2) is 0 Å². The van der Waals surface area contributed by atoms with Crippen LogP contribution in [0.4, 0.5) is 0 Å². The lowest BCUT2D eigenvalue weighted by atomic mass is 10.0. The summed E-state index contributed by atoms with van der Waals surface area (Å²) in [6, 6.07) is 21.1. The average Bonchev–Trinajstić information content (AvgIpc) is 2.83. The number of piperazine rings is 1. The van der Waals surface area contributed by atoms with Crippen molar-refractivity contribution in [3.05, 3.63) is 88.8 Å². The van der Waals surface area contributed by atoms with Crippen molar-refractivity contribution in [1.82, 2.24) is 9.21 Å². The number of hydrogen-bond acceptors (Lipinski definition) is 5. The molecule has 7 nitrogen and oxygen atoms in total. The molecule has 2 heterocycles. The van der Waals surface area contributed by atoms with E-state index in [4.69, 9.17) is 4.42 Å². The van der Waals surface area contributed by atoms with Gasteiger partial charge in [0, 0.05) is 31.6 Å². The molecule has 1 fully saturated rings. The molecule has 4 aromatic rings. The molecule has 3 aromatic carbocycles. The summed E-state index contributed by atoms with van der Waals surface area (Å²) in [4.78, 5) is 27.4. The number of rotatable bonds is 3. The van der Waals surface area contributed by atoms with Gasteiger partial charge in [-0.3, -0.25) is 4.79 Å². The van der Waals surface area contributed by atoms with Crippen molar-refractivity contribution < 1.29 is 17.6 Å². The van der Waals surface area contributed by atoms with Gasteiger partial charge >= 0.3 is 5.63 Å². The molecule has 0 spiro atoms. The number of amides is 1. The fraction of sp³-hybridized carbons (Fsp3) is 0.167. The van der Waals surface area contributed by atoms with Crippen molar-refractivity contribution in [2.24, 2.45) is 0 Å². The summed E-state index contributed by atoms with van der Waals surface area (Å²) >= 11 is 0. The van der Waals surface area contributed by atoms with Crippen molar-refractivity contribution in [3.63, 3.8) is 0 Å². The largest absolute Gasteiger partial charge is 0.422 e. The standard InChI is InChI=1S/C24H20N2O5S/c27-23(25-12-14-26(15-13-25)32(29,30)18-7-2-1-3-8-18)21-16-20-19-9-5-4-6-17(19)10-11-22(20)31-24(21)28/h1-11,16H,12-15H2. The number of carbonyl (C=O) groups excluding carboxylic acids is 1. The minimum atomic E-state index is -3.62. The maximum Gasteiger partial charge on any atom is 0.349 e. The second-order valence-electron chi connectivity index (χ2n) is 7.66. The summed E-state index contributed by atoms with van der Waals surface area (Å²) < 4.78 is 32.4. The highest BCUT2D eigenvalue weighted by atomic mass is 32.2. The van der Waals surface area contributed by atoms with E-state index >= 15 is 0 Å². The van der Waals surface area contributed by atoms with Crippen LogP contribution in [0.1, 0.15) is 10.4 Å². The first-order valence-electron chi connectivity index (χ1n) is 10.3. The molecule has 0 unspecified atom stereocenters. The molecule has 8 heteroatoms. The Labute approximate surface area is 184 Å². The number of hydrogen-bond donors (Lipinski definition) is 0. The van der Waals surface area contributed by atoms with Gasteiger partial charge in [0.05, 0.1) is 4.90 Å². The first-order valence-corrected chi connectivity index (χ1v) is 11.7. The predicted octanol–water partition coefficient (Wildman–Crippen LogP) is 3.09. The van der Waals surface area contributed by atoms with Crippen molar-refractivity contribution in [2.45, 2.75) is 4.90 Å². The van der Waals surface area contributed by atoms with Gasteiger partial charge in [0.2, 0.25) is 10.0 Å². The summed E-state index contributed by atoms with van der Waals surface area (Å²) in [5.74, 6) is -0.453. The molecular weight excluding hydrogens is 428 g/mol. The summed E-state index contributed by atoms with van der Waals surface area (Å²) in [5.41, 5.74) is -0.325. The Morgan fingerprint density at radius 3 is 2.25 bits per heavy atom. The number of sulfonamides is 1. The van der Waals surface area contributed by atoms with Gasteiger partial charge in [-0.2, -0.15) is 4.31 Å². The topological polar surface area (TPSA) is 87.9 Å². The maximum absolute atomic E-state index is 13.1. The van der Waals surface area contributed by atoms with Crippen LogP contribution in [0.2, 0.25) is 0 Å². The van der Waals surface area contributed by atoms with E-state index in [9.17, 15) is 18.0 Å². The molecule has 0 atom stereocenters. The third kappa shape index (κ3) is 3.47. The number of fused-ring (bicyclic) bond motifs is 3. The van der Waals surface area contributed by atoms with Gasteiger partial charge in [0.1, 0.15) is 11.1 Å². The first-order chi connectivity index (χ1) is 15.4. The van der Waals surface area contributed by atoms with Gasteiger partial charge in [-0.15, -0.1) is 0 Å². The average molecular weight is 449 g/mol. The van der Waals surface area contributed by atoms with Crippen molar-refractivity contribution >= 4 is 37.7 Å². The van der Waals surface area contributed by atoms with E-state index in [0.717, 1.165) is 10.8 Å². The van der Waals surface area contributed by atoms with Gasteiger partial charge in [-0.1, -0.05) is 48.5 Å². The van der Waals surface area contributed by atoms with Crippen LogP contribution < -0.4 is 5.63 Å². The zero-order chi connectivity index (χ0) is 22.3. The fourth-order valence-corrected chi connectivity index (χ4v) is 5.51. The SMILES string of the molecule is O=C(c1cc2c(ccc3ccccc32)oc1=O)N1CCN(S(=O)(=O)c2ccccc2)CC1. The highest BCUT2D eigenvalue weighted by Crippen LogP contribution is 2.25. The van der Waals surface area contributed by atoms with Crippen molar-refractivity contribution in [2.75, 3.05) is 26.2 Å². The zero-order valence-corrected chi connectivity index (χ0v) is 17.9. The second-order valence-corrected chi connectivity index (χ2v) is 9.59. The fourth-order valence-electron chi connectivity index (χ4n) is 4.06. The molecule has 0 aliphatic carbocycles. The summed E-state index contributed by atoms with van der Waals surface area (Å²) in [6.07, 6.45) is 0. The monoisotopic (exact) mass is 448 g/mol. The lowest BCUT2D eigenvalue weighted by molar-refractivity contribution is 0.0694. The van der Waals surface area contributed by atoms with Crippen molar-refractivity contribution in [1.29, 1.82) is 0 Å². The van der Waals surface area contributed by atoms with Gasteiger partial charge in [-0.25, -0.2) is 13.2 Å². The van der Waals surface area contributed by atoms with E-state index in [0.29, 0.717) is 11.0 Å². The molecule has 0 N–H and O–H groups in total. The molecule has 32 heavy (non-hydrogen) atoms. The van der Waals surface area contributed by atoms with Gasteiger partial charge in [-0.05, 0) is 35.0 Å². The summed E-state index contributed by atoms with van der Waals surface area (Å²) in [7, 11) is -3.62. The Morgan fingerprint density at radius 1 is 0.812 bits per heavy atom. The van der Waals surface area contributed by atoms with Gasteiger partial charge < -0.3 is 9.32 Å². The van der Waals surface area contributed by atoms with E-state index < -0.39 is 21.6 Å². The summed E-state index contributed by atoms with van der Waals surface area (Å²) in [6.45, 7) is 0.700. The molecule has 1 aliphatic rings. The second kappa shape index (κ2) is 7.89. The van der Waals surface area contributed by atoms with E-state index in [1.54, 1.807) is 42.5 Å². The summed E-state index contributed by atoms with van der Waals surface area (Å²) in [5, 5.41) is 2.56. The van der Waals surface area contributed by atoms with E-state index in [1.165, 1.54) is 9.21 Å². The molecule has 1 aromatic heterocycles. The zero-order valence-electron chi connectivity index (χ0n) is 17.1. The van der Waals surface area contributed by atoms with Gasteiger partial charge in [0.25, 0.3) is 5.91 Å². The van der Waals surface area contributed by atoms with Crippen LogP contribution in [0, 0.1) is 0 Å². The number of benzene rings is 3. The number of nitrogens with zero attached hydrogens (tertiary/aromatic N) is 2. The Hall–Kier alpha value is -3.49. The first kappa shape index (κ1) is 20.4. The van der Waals surface area contributed by atoms with E-state index in [-0.39, 0.29) is 36.6 Å². The Bertz CT molecular complexity index is 1490. The third-order valence-corrected chi connectivity index (χ3v) is 7.69. The highest BCUT2D eigenvalue weighted by Gasteiger charge is 2.31. The smallest absolute Gasteiger partial charge is 0.349 e. The maximum atomic E-state index is 13.1. The molecule has 5 rings (SSSR count). The molecular formula is C24H20N2O5S. The number of carbonyl (C=O) groups is 1. The van der Waals surface area contributed by atoms with Crippen molar-refractivity contribution in [3.8, 4) is 0 Å². The molecule has 0 radical (unpaired) electrons.